The number of aromatic nitrogens is 4. The van der Waals surface area contributed by atoms with Crippen molar-refractivity contribution in [1.82, 2.24) is 19.7 Å². The molecule has 2 aromatic heterocycles. The first-order chi connectivity index (χ1) is 17.5. The molecule has 0 saturated heterocycles. The van der Waals surface area contributed by atoms with Crippen LogP contribution in [0.15, 0.2) is 42.1 Å². The van der Waals surface area contributed by atoms with Crippen molar-refractivity contribution in [3.8, 4) is 17.1 Å². The molecule has 0 spiro atoms. The SMILES string of the molecule is C=CCn1c(SCC(=O)Nc2nc(C)c(C(=O)OCC)s2)nnc1-c1ccc(OC2CCCC2)cc1. The number of benzene rings is 1. The molecule has 190 valence electrons. The molecular weight excluding hydrogens is 498 g/mol. The van der Waals surface area contributed by atoms with Gasteiger partial charge in [0.15, 0.2) is 16.1 Å². The molecule has 9 nitrogen and oxygen atoms in total. The van der Waals surface area contributed by atoms with Crippen molar-refractivity contribution in [2.45, 2.75) is 57.3 Å². The van der Waals surface area contributed by atoms with Crippen molar-refractivity contribution in [3.63, 3.8) is 0 Å². The van der Waals surface area contributed by atoms with Crippen molar-refractivity contribution >= 4 is 40.1 Å². The van der Waals surface area contributed by atoms with Gasteiger partial charge in [-0.2, -0.15) is 0 Å². The van der Waals surface area contributed by atoms with Crippen LogP contribution in [0.1, 0.15) is 48.0 Å². The lowest BCUT2D eigenvalue weighted by Gasteiger charge is -2.13. The average molecular weight is 528 g/mol. The minimum Gasteiger partial charge on any atom is -0.490 e. The second-order valence-corrected chi connectivity index (χ2v) is 10.2. The van der Waals surface area contributed by atoms with Gasteiger partial charge < -0.3 is 14.8 Å². The van der Waals surface area contributed by atoms with Crippen LogP contribution in [0.4, 0.5) is 5.13 Å². The quantitative estimate of drug-likeness (QED) is 0.208. The molecule has 0 unspecified atom stereocenters. The lowest BCUT2D eigenvalue weighted by atomic mass is 10.2. The predicted octanol–water partition coefficient (Wildman–Crippen LogP) is 5.12. The first-order valence-corrected chi connectivity index (χ1v) is 13.7. The van der Waals surface area contributed by atoms with E-state index in [0.29, 0.717) is 39.3 Å². The molecule has 36 heavy (non-hydrogen) atoms. The lowest BCUT2D eigenvalue weighted by molar-refractivity contribution is -0.113. The van der Waals surface area contributed by atoms with Gasteiger partial charge in [0.2, 0.25) is 5.91 Å². The number of carbonyl (C=O) groups excluding carboxylic acids is 2. The number of aryl methyl sites for hydroxylation is 1. The number of ether oxygens (including phenoxy) is 2. The number of thioether (sulfide) groups is 1. The van der Waals surface area contributed by atoms with Gasteiger partial charge in [0.25, 0.3) is 0 Å². The highest BCUT2D eigenvalue weighted by Crippen LogP contribution is 2.29. The number of allylic oxidation sites excluding steroid dienone is 1. The third kappa shape index (κ3) is 6.33. The van der Waals surface area contributed by atoms with E-state index in [4.69, 9.17) is 9.47 Å². The van der Waals surface area contributed by atoms with Crippen LogP contribution in [0.5, 0.6) is 5.75 Å². The van der Waals surface area contributed by atoms with Gasteiger partial charge in [-0.25, -0.2) is 9.78 Å². The maximum atomic E-state index is 12.6. The molecule has 1 aliphatic carbocycles. The summed E-state index contributed by atoms with van der Waals surface area (Å²) < 4.78 is 13.0. The zero-order valence-electron chi connectivity index (χ0n) is 20.4. The van der Waals surface area contributed by atoms with E-state index in [9.17, 15) is 9.59 Å². The Labute approximate surface area is 218 Å². The Bertz CT molecular complexity index is 1220. The van der Waals surface area contributed by atoms with Gasteiger partial charge in [0.05, 0.1) is 24.2 Å². The summed E-state index contributed by atoms with van der Waals surface area (Å²) in [6, 6.07) is 7.87. The number of carbonyl (C=O) groups is 2. The molecule has 2 heterocycles. The molecule has 1 fully saturated rings. The average Bonchev–Trinajstić information content (AvgIpc) is 3.60. The van der Waals surface area contributed by atoms with Crippen LogP contribution in [0, 0.1) is 6.92 Å². The Morgan fingerprint density at radius 2 is 2.00 bits per heavy atom. The molecule has 1 aliphatic rings. The smallest absolute Gasteiger partial charge is 0.350 e. The van der Waals surface area contributed by atoms with Crippen LogP contribution in [-0.2, 0) is 16.1 Å². The number of hydrogen-bond acceptors (Lipinski definition) is 9. The molecule has 3 aromatic rings. The van der Waals surface area contributed by atoms with E-state index in [1.807, 2.05) is 28.8 Å². The molecule has 1 saturated carbocycles. The molecule has 0 atom stereocenters. The highest BCUT2D eigenvalue weighted by Gasteiger charge is 2.20. The first-order valence-electron chi connectivity index (χ1n) is 11.9. The summed E-state index contributed by atoms with van der Waals surface area (Å²) in [5, 5.41) is 12.4. The normalized spacial score (nSPS) is 13.5. The van der Waals surface area contributed by atoms with Gasteiger partial charge in [-0.3, -0.25) is 9.36 Å². The predicted molar refractivity (Wildman–Crippen MR) is 141 cm³/mol. The zero-order valence-corrected chi connectivity index (χ0v) is 22.0. The third-order valence-electron chi connectivity index (χ3n) is 5.58. The van der Waals surface area contributed by atoms with Gasteiger partial charge in [0.1, 0.15) is 10.6 Å². The minimum atomic E-state index is -0.439. The Balaban J connectivity index is 1.39. The van der Waals surface area contributed by atoms with E-state index in [0.717, 1.165) is 35.5 Å². The van der Waals surface area contributed by atoms with E-state index >= 15 is 0 Å². The monoisotopic (exact) mass is 527 g/mol. The summed E-state index contributed by atoms with van der Waals surface area (Å²) in [6.07, 6.45) is 6.74. The van der Waals surface area contributed by atoms with Crippen molar-refractivity contribution in [3.05, 3.63) is 47.5 Å². The molecule has 0 bridgehead atoms. The third-order valence-corrected chi connectivity index (χ3v) is 7.60. The molecule has 11 heteroatoms. The second-order valence-electron chi connectivity index (χ2n) is 8.25. The van der Waals surface area contributed by atoms with Crippen molar-refractivity contribution < 1.29 is 19.1 Å². The van der Waals surface area contributed by atoms with Gasteiger partial charge in [0, 0.05) is 12.1 Å². The Kier molecular flexibility index (Phi) is 8.76. The van der Waals surface area contributed by atoms with Gasteiger partial charge >= 0.3 is 5.97 Å². The highest BCUT2D eigenvalue weighted by molar-refractivity contribution is 7.99. The van der Waals surface area contributed by atoms with E-state index in [1.54, 1.807) is 19.9 Å². The van der Waals surface area contributed by atoms with E-state index in [-0.39, 0.29) is 18.3 Å². The Morgan fingerprint density at radius 1 is 1.25 bits per heavy atom. The Morgan fingerprint density at radius 3 is 2.69 bits per heavy atom. The number of nitrogens with zero attached hydrogens (tertiary/aromatic N) is 4. The van der Waals surface area contributed by atoms with E-state index < -0.39 is 5.97 Å². The minimum absolute atomic E-state index is 0.108. The summed E-state index contributed by atoms with van der Waals surface area (Å²) in [6.45, 7) is 8.07. The highest BCUT2D eigenvalue weighted by atomic mass is 32.2. The lowest BCUT2D eigenvalue weighted by Crippen LogP contribution is -2.14. The standard InChI is InChI=1S/C25H29N5O4S2/c1-4-14-30-22(17-10-12-19(13-11-17)34-18-8-6-7-9-18)28-29-25(30)35-15-20(31)27-24-26-16(3)21(36-24)23(32)33-5-2/h4,10-13,18H,1,5-9,14-15H2,2-3H3,(H,26,27,31). The summed E-state index contributed by atoms with van der Waals surface area (Å²) >= 11 is 2.37. The van der Waals surface area contributed by atoms with Crippen LogP contribution in [0.25, 0.3) is 11.4 Å². The van der Waals surface area contributed by atoms with Gasteiger partial charge in [-0.05, 0) is 63.8 Å². The van der Waals surface area contributed by atoms with Crippen molar-refractivity contribution in [2.24, 2.45) is 0 Å². The Hall–Kier alpha value is -3.18. The summed E-state index contributed by atoms with van der Waals surface area (Å²) in [7, 11) is 0. The van der Waals surface area contributed by atoms with Crippen LogP contribution >= 0.6 is 23.1 Å². The molecule has 1 amide bonds. The number of rotatable bonds is 11. The maximum Gasteiger partial charge on any atom is 0.350 e. The first kappa shape index (κ1) is 25.9. The van der Waals surface area contributed by atoms with Crippen molar-refractivity contribution in [2.75, 3.05) is 17.7 Å². The topological polar surface area (TPSA) is 108 Å². The van der Waals surface area contributed by atoms with Crippen LogP contribution in [-0.4, -0.2) is 50.1 Å². The molecule has 1 N–H and O–H groups in total. The molecular formula is C25H29N5O4S2. The fourth-order valence-corrected chi connectivity index (χ4v) is 5.53. The van der Waals surface area contributed by atoms with Crippen LogP contribution < -0.4 is 10.1 Å². The fourth-order valence-electron chi connectivity index (χ4n) is 3.91. The maximum absolute atomic E-state index is 12.6. The molecule has 1 aromatic carbocycles. The summed E-state index contributed by atoms with van der Waals surface area (Å²) in [4.78, 5) is 29.2. The second kappa shape index (κ2) is 12.2. The molecule has 0 aliphatic heterocycles. The van der Waals surface area contributed by atoms with Gasteiger partial charge in [-0.15, -0.1) is 16.8 Å². The van der Waals surface area contributed by atoms with Crippen LogP contribution in [0.2, 0.25) is 0 Å². The fraction of sp³-hybridized carbons (Fsp3) is 0.400. The van der Waals surface area contributed by atoms with Gasteiger partial charge in [-0.1, -0.05) is 29.2 Å². The van der Waals surface area contributed by atoms with Crippen molar-refractivity contribution in [1.29, 1.82) is 0 Å². The largest absolute Gasteiger partial charge is 0.490 e. The summed E-state index contributed by atoms with van der Waals surface area (Å²) in [5.41, 5.74) is 1.43. The number of amides is 1. The number of thiazole rings is 1. The number of hydrogen-bond donors (Lipinski definition) is 1. The summed E-state index contributed by atoms with van der Waals surface area (Å²) in [5.74, 6) is 0.963. The van der Waals surface area contributed by atoms with Crippen LogP contribution in [0.3, 0.4) is 0 Å². The zero-order chi connectivity index (χ0) is 25.5. The van der Waals surface area contributed by atoms with E-state index in [2.05, 4.69) is 27.1 Å². The molecule has 4 rings (SSSR count). The number of nitrogens with one attached hydrogen (secondary N) is 1. The molecule has 0 radical (unpaired) electrons. The van der Waals surface area contributed by atoms with E-state index in [1.165, 1.54) is 24.6 Å². The number of anilines is 1. The number of esters is 1.